The smallest absolute Gasteiger partial charge is 0.275 e. The van der Waals surface area contributed by atoms with Crippen molar-refractivity contribution >= 4 is 5.91 Å². The first kappa shape index (κ1) is 12.1. The number of carbonyl (C=O) groups excluding carboxylic acids is 1. The van der Waals surface area contributed by atoms with Gasteiger partial charge in [-0.15, -0.1) is 0 Å². The van der Waals surface area contributed by atoms with Crippen molar-refractivity contribution in [3.63, 3.8) is 0 Å². The van der Waals surface area contributed by atoms with Crippen molar-refractivity contribution in [2.24, 2.45) is 0 Å². The SMILES string of the molecule is Cc1ccccc1C(=O)NOC1CCNCC1. The number of amides is 1. The van der Waals surface area contributed by atoms with Crippen LogP contribution in [0.1, 0.15) is 28.8 Å². The minimum atomic E-state index is -0.165. The maximum absolute atomic E-state index is 11.9. The van der Waals surface area contributed by atoms with Crippen LogP contribution in [0.15, 0.2) is 24.3 Å². The van der Waals surface area contributed by atoms with Gasteiger partial charge in [0.25, 0.3) is 5.91 Å². The molecule has 0 radical (unpaired) electrons. The minimum absolute atomic E-state index is 0.129. The summed E-state index contributed by atoms with van der Waals surface area (Å²) in [7, 11) is 0. The van der Waals surface area contributed by atoms with E-state index in [9.17, 15) is 4.79 Å². The van der Waals surface area contributed by atoms with Gasteiger partial charge in [-0.2, -0.15) is 0 Å². The number of nitrogens with one attached hydrogen (secondary N) is 2. The number of aryl methyl sites for hydroxylation is 1. The zero-order chi connectivity index (χ0) is 12.1. The molecule has 1 aliphatic heterocycles. The van der Waals surface area contributed by atoms with Gasteiger partial charge in [0.15, 0.2) is 0 Å². The van der Waals surface area contributed by atoms with E-state index in [1.807, 2.05) is 25.1 Å². The van der Waals surface area contributed by atoms with Crippen LogP contribution in [-0.4, -0.2) is 25.1 Å². The fourth-order valence-electron chi connectivity index (χ4n) is 1.93. The first-order chi connectivity index (χ1) is 8.27. The summed E-state index contributed by atoms with van der Waals surface area (Å²) in [5.41, 5.74) is 4.17. The number of benzene rings is 1. The standard InChI is InChI=1S/C13H18N2O2/c1-10-4-2-3-5-12(10)13(16)15-17-11-6-8-14-9-7-11/h2-5,11,14H,6-9H2,1H3,(H,15,16). The first-order valence-electron chi connectivity index (χ1n) is 5.99. The predicted molar refractivity (Wildman–Crippen MR) is 65.6 cm³/mol. The van der Waals surface area contributed by atoms with Gasteiger partial charge < -0.3 is 5.32 Å². The van der Waals surface area contributed by atoms with Gasteiger partial charge in [0.1, 0.15) is 0 Å². The summed E-state index contributed by atoms with van der Waals surface area (Å²) in [6.45, 7) is 3.81. The van der Waals surface area contributed by atoms with Crippen LogP contribution in [0.25, 0.3) is 0 Å². The summed E-state index contributed by atoms with van der Waals surface area (Å²) in [6, 6.07) is 7.49. The van der Waals surface area contributed by atoms with E-state index in [-0.39, 0.29) is 12.0 Å². The number of hydrogen-bond acceptors (Lipinski definition) is 3. The molecular weight excluding hydrogens is 216 g/mol. The van der Waals surface area contributed by atoms with Gasteiger partial charge in [0.2, 0.25) is 0 Å². The average molecular weight is 234 g/mol. The largest absolute Gasteiger partial charge is 0.317 e. The molecule has 1 heterocycles. The van der Waals surface area contributed by atoms with Crippen molar-refractivity contribution in [3.8, 4) is 0 Å². The van der Waals surface area contributed by atoms with E-state index in [1.54, 1.807) is 6.07 Å². The van der Waals surface area contributed by atoms with E-state index in [1.165, 1.54) is 0 Å². The van der Waals surface area contributed by atoms with E-state index < -0.39 is 0 Å². The molecule has 0 saturated carbocycles. The van der Waals surface area contributed by atoms with Crippen LogP contribution in [0.5, 0.6) is 0 Å². The highest BCUT2D eigenvalue weighted by Gasteiger charge is 2.15. The molecule has 17 heavy (non-hydrogen) atoms. The zero-order valence-corrected chi connectivity index (χ0v) is 10.0. The zero-order valence-electron chi connectivity index (χ0n) is 10.0. The molecule has 0 aromatic heterocycles. The van der Waals surface area contributed by atoms with Gasteiger partial charge in [-0.05, 0) is 44.5 Å². The molecule has 1 fully saturated rings. The summed E-state index contributed by atoms with van der Waals surface area (Å²) in [6.07, 6.45) is 2.01. The number of carbonyl (C=O) groups is 1. The highest BCUT2D eigenvalue weighted by atomic mass is 16.7. The average Bonchev–Trinajstić information content (AvgIpc) is 2.38. The topological polar surface area (TPSA) is 50.4 Å². The second-order valence-electron chi connectivity index (χ2n) is 4.31. The van der Waals surface area contributed by atoms with Gasteiger partial charge in [0.05, 0.1) is 6.10 Å². The molecule has 1 aromatic carbocycles. The highest BCUT2D eigenvalue weighted by molar-refractivity contribution is 5.94. The minimum Gasteiger partial charge on any atom is -0.317 e. The van der Waals surface area contributed by atoms with Crippen molar-refractivity contribution in [3.05, 3.63) is 35.4 Å². The van der Waals surface area contributed by atoms with Gasteiger partial charge in [0, 0.05) is 5.56 Å². The molecule has 1 aromatic rings. The predicted octanol–water partition coefficient (Wildman–Crippen LogP) is 1.41. The van der Waals surface area contributed by atoms with Crippen LogP contribution in [0, 0.1) is 6.92 Å². The summed E-state index contributed by atoms with van der Waals surface area (Å²) < 4.78 is 0. The molecule has 92 valence electrons. The Kier molecular flexibility index (Phi) is 4.12. The summed E-state index contributed by atoms with van der Waals surface area (Å²) in [5, 5.41) is 3.25. The van der Waals surface area contributed by atoms with Crippen LogP contribution in [0.4, 0.5) is 0 Å². The molecule has 4 heteroatoms. The Hall–Kier alpha value is -1.39. The van der Waals surface area contributed by atoms with Crippen molar-refractivity contribution in [1.82, 2.24) is 10.8 Å². The monoisotopic (exact) mass is 234 g/mol. The van der Waals surface area contributed by atoms with Gasteiger partial charge in [-0.1, -0.05) is 18.2 Å². The Labute approximate surface area is 101 Å². The fraction of sp³-hybridized carbons (Fsp3) is 0.462. The van der Waals surface area contributed by atoms with E-state index in [0.29, 0.717) is 5.56 Å². The third kappa shape index (κ3) is 3.28. The first-order valence-corrected chi connectivity index (χ1v) is 5.99. The van der Waals surface area contributed by atoms with Crippen LogP contribution in [-0.2, 0) is 4.84 Å². The molecular formula is C13H18N2O2. The summed E-state index contributed by atoms with van der Waals surface area (Å²) in [4.78, 5) is 17.3. The quantitative estimate of drug-likeness (QED) is 0.777. The third-order valence-electron chi connectivity index (χ3n) is 2.99. The summed E-state index contributed by atoms with van der Waals surface area (Å²) in [5.74, 6) is -0.165. The summed E-state index contributed by atoms with van der Waals surface area (Å²) >= 11 is 0. The lowest BCUT2D eigenvalue weighted by Gasteiger charge is -2.22. The van der Waals surface area contributed by atoms with E-state index in [4.69, 9.17) is 4.84 Å². The molecule has 0 unspecified atom stereocenters. The normalized spacial score (nSPS) is 16.8. The Morgan fingerprint density at radius 2 is 2.06 bits per heavy atom. The number of hydroxylamine groups is 1. The molecule has 1 saturated heterocycles. The lowest BCUT2D eigenvalue weighted by Crippen LogP contribution is -2.37. The van der Waals surface area contributed by atoms with Crippen LogP contribution < -0.4 is 10.8 Å². The van der Waals surface area contributed by atoms with Crippen LogP contribution >= 0.6 is 0 Å². The third-order valence-corrected chi connectivity index (χ3v) is 2.99. The van der Waals surface area contributed by atoms with Gasteiger partial charge >= 0.3 is 0 Å². The van der Waals surface area contributed by atoms with Gasteiger partial charge in [-0.3, -0.25) is 9.63 Å². The molecule has 1 amide bonds. The van der Waals surface area contributed by atoms with Crippen LogP contribution in [0.3, 0.4) is 0 Å². The molecule has 2 rings (SSSR count). The molecule has 2 N–H and O–H groups in total. The Balaban J connectivity index is 1.87. The van der Waals surface area contributed by atoms with E-state index in [2.05, 4.69) is 10.8 Å². The second kappa shape index (κ2) is 5.80. The van der Waals surface area contributed by atoms with E-state index >= 15 is 0 Å². The molecule has 0 aliphatic carbocycles. The molecule has 0 spiro atoms. The fourth-order valence-corrected chi connectivity index (χ4v) is 1.93. The Bertz CT molecular complexity index is 387. The molecule has 0 bridgehead atoms. The molecule has 1 aliphatic rings. The molecule has 4 nitrogen and oxygen atoms in total. The maximum atomic E-state index is 11.9. The highest BCUT2D eigenvalue weighted by Crippen LogP contribution is 2.08. The van der Waals surface area contributed by atoms with Crippen LogP contribution in [0.2, 0.25) is 0 Å². The second-order valence-corrected chi connectivity index (χ2v) is 4.31. The lowest BCUT2D eigenvalue weighted by atomic mass is 10.1. The van der Waals surface area contributed by atoms with Crippen molar-refractivity contribution in [2.75, 3.05) is 13.1 Å². The van der Waals surface area contributed by atoms with Crippen molar-refractivity contribution in [2.45, 2.75) is 25.9 Å². The maximum Gasteiger partial charge on any atom is 0.275 e. The number of piperidine rings is 1. The number of hydrogen-bond donors (Lipinski definition) is 2. The Morgan fingerprint density at radius 1 is 1.35 bits per heavy atom. The Morgan fingerprint density at radius 3 is 2.76 bits per heavy atom. The van der Waals surface area contributed by atoms with Crippen molar-refractivity contribution in [1.29, 1.82) is 0 Å². The molecule has 0 atom stereocenters. The van der Waals surface area contributed by atoms with Gasteiger partial charge in [-0.25, -0.2) is 5.48 Å². The lowest BCUT2D eigenvalue weighted by molar-refractivity contribution is -0.0282. The number of rotatable bonds is 3. The van der Waals surface area contributed by atoms with E-state index in [0.717, 1.165) is 31.5 Å². The van der Waals surface area contributed by atoms with Crippen molar-refractivity contribution < 1.29 is 9.63 Å².